The third-order valence-corrected chi connectivity index (χ3v) is 4.33. The van der Waals surface area contributed by atoms with Gasteiger partial charge in [-0.15, -0.1) is 0 Å². The highest BCUT2D eigenvalue weighted by Crippen LogP contribution is 2.35. The summed E-state index contributed by atoms with van der Waals surface area (Å²) in [5, 5.41) is 11.7. The Bertz CT molecular complexity index is 400. The predicted molar refractivity (Wildman–Crippen MR) is 71.7 cm³/mol. The summed E-state index contributed by atoms with van der Waals surface area (Å²) in [6.45, 7) is 5.03. The lowest BCUT2D eigenvalue weighted by Crippen LogP contribution is -2.42. The Morgan fingerprint density at radius 3 is 2.41 bits per heavy atom. The molecule has 2 rings (SSSR count). The molecule has 94 valence electrons. The molecule has 0 bridgehead atoms. The predicted octanol–water partition coefficient (Wildman–Crippen LogP) is 3.30. The summed E-state index contributed by atoms with van der Waals surface area (Å²) in [5.41, 5.74) is 0.127. The second kappa shape index (κ2) is 5.15. The van der Waals surface area contributed by atoms with E-state index in [9.17, 15) is 5.11 Å². The zero-order chi connectivity index (χ0) is 12.5. The molecular weight excluding hydrogens is 257 g/mol. The maximum Gasteiger partial charge on any atom is 0.0921 e. The van der Waals surface area contributed by atoms with Crippen LogP contribution < -0.4 is 0 Å². The van der Waals surface area contributed by atoms with E-state index in [1.807, 2.05) is 6.07 Å². The van der Waals surface area contributed by atoms with Crippen molar-refractivity contribution in [2.24, 2.45) is 0 Å². The molecule has 0 unspecified atom stereocenters. The van der Waals surface area contributed by atoms with Crippen LogP contribution in [0.3, 0.4) is 0 Å². The maximum absolute atomic E-state index is 10.6. The zero-order valence-electron chi connectivity index (χ0n) is 9.92. The normalized spacial score (nSPS) is 20.5. The van der Waals surface area contributed by atoms with Crippen molar-refractivity contribution in [1.29, 1.82) is 0 Å². The van der Waals surface area contributed by atoms with Crippen molar-refractivity contribution in [2.75, 3.05) is 19.6 Å². The van der Waals surface area contributed by atoms with Crippen LogP contribution in [0.25, 0.3) is 0 Å². The Morgan fingerprint density at radius 1 is 1.24 bits per heavy atom. The molecule has 0 saturated carbocycles. The smallest absolute Gasteiger partial charge is 0.0921 e. The number of benzene rings is 1. The lowest BCUT2D eigenvalue weighted by Gasteiger charge is -2.38. The van der Waals surface area contributed by atoms with E-state index >= 15 is 0 Å². The molecule has 1 aromatic rings. The van der Waals surface area contributed by atoms with Gasteiger partial charge in [0.1, 0.15) is 0 Å². The molecule has 1 fully saturated rings. The molecule has 0 aliphatic carbocycles. The fourth-order valence-corrected chi connectivity index (χ4v) is 2.61. The topological polar surface area (TPSA) is 23.5 Å². The van der Waals surface area contributed by atoms with Crippen LogP contribution in [0.1, 0.15) is 25.3 Å². The highest BCUT2D eigenvalue weighted by atomic mass is 35.5. The van der Waals surface area contributed by atoms with Gasteiger partial charge in [-0.05, 0) is 37.1 Å². The first-order valence-corrected chi connectivity index (χ1v) is 6.71. The molecular formula is C13H17Cl2NO. The van der Waals surface area contributed by atoms with Crippen molar-refractivity contribution in [3.63, 3.8) is 0 Å². The number of hydrogen-bond donors (Lipinski definition) is 1. The third-order valence-electron chi connectivity index (χ3n) is 3.59. The highest BCUT2D eigenvalue weighted by Gasteiger charge is 2.33. The van der Waals surface area contributed by atoms with Crippen molar-refractivity contribution in [3.8, 4) is 0 Å². The van der Waals surface area contributed by atoms with Crippen molar-refractivity contribution in [2.45, 2.75) is 25.4 Å². The summed E-state index contributed by atoms with van der Waals surface area (Å²) in [6, 6.07) is 5.41. The molecule has 0 spiro atoms. The van der Waals surface area contributed by atoms with Gasteiger partial charge in [0.25, 0.3) is 0 Å². The maximum atomic E-state index is 10.6. The molecule has 1 aliphatic heterocycles. The molecule has 4 heteroatoms. The molecule has 1 aromatic carbocycles. The van der Waals surface area contributed by atoms with Gasteiger partial charge < -0.3 is 10.0 Å². The van der Waals surface area contributed by atoms with Gasteiger partial charge in [0.2, 0.25) is 0 Å². The van der Waals surface area contributed by atoms with Crippen LogP contribution in [-0.4, -0.2) is 29.6 Å². The summed E-state index contributed by atoms with van der Waals surface area (Å²) in [6.07, 6.45) is 1.50. The minimum absolute atomic E-state index is 0.510. The Morgan fingerprint density at radius 2 is 1.88 bits per heavy atom. The fourth-order valence-electron chi connectivity index (χ4n) is 2.31. The Balaban J connectivity index is 2.18. The molecule has 2 nitrogen and oxygen atoms in total. The van der Waals surface area contributed by atoms with Gasteiger partial charge in [-0.25, -0.2) is 0 Å². The number of nitrogens with zero attached hydrogens (tertiary/aromatic N) is 1. The van der Waals surface area contributed by atoms with Gasteiger partial charge in [0.15, 0.2) is 0 Å². The summed E-state index contributed by atoms with van der Waals surface area (Å²) >= 11 is 11.9. The van der Waals surface area contributed by atoms with E-state index in [1.165, 1.54) is 0 Å². The second-order valence-corrected chi connectivity index (χ2v) is 5.41. The molecule has 1 saturated heterocycles. The Hall–Kier alpha value is -0.280. The van der Waals surface area contributed by atoms with E-state index in [2.05, 4.69) is 11.8 Å². The number of hydrogen-bond acceptors (Lipinski definition) is 2. The number of aliphatic hydroxyl groups is 1. The van der Waals surface area contributed by atoms with Gasteiger partial charge >= 0.3 is 0 Å². The fraction of sp³-hybridized carbons (Fsp3) is 0.538. The number of halogens is 2. The van der Waals surface area contributed by atoms with Crippen molar-refractivity contribution in [1.82, 2.24) is 4.90 Å². The van der Waals surface area contributed by atoms with E-state index in [0.29, 0.717) is 10.0 Å². The number of rotatable bonds is 2. The summed E-state index contributed by atoms with van der Waals surface area (Å²) in [5.74, 6) is 0. The van der Waals surface area contributed by atoms with Crippen LogP contribution in [0.2, 0.25) is 10.0 Å². The average Bonchev–Trinajstić information content (AvgIpc) is 2.33. The lowest BCUT2D eigenvalue weighted by atomic mass is 9.84. The first-order chi connectivity index (χ1) is 8.05. The molecule has 1 heterocycles. The van der Waals surface area contributed by atoms with Crippen LogP contribution >= 0.6 is 23.2 Å². The van der Waals surface area contributed by atoms with Crippen molar-refractivity contribution < 1.29 is 5.11 Å². The van der Waals surface area contributed by atoms with E-state index in [1.54, 1.807) is 12.1 Å². The lowest BCUT2D eigenvalue weighted by molar-refractivity contribution is -0.0246. The largest absolute Gasteiger partial charge is 0.385 e. The van der Waals surface area contributed by atoms with E-state index in [-0.39, 0.29) is 0 Å². The zero-order valence-corrected chi connectivity index (χ0v) is 11.4. The molecule has 1 aliphatic rings. The van der Waals surface area contributed by atoms with Gasteiger partial charge in [-0.2, -0.15) is 0 Å². The van der Waals surface area contributed by atoms with Crippen LogP contribution in [0.4, 0.5) is 0 Å². The van der Waals surface area contributed by atoms with Crippen molar-refractivity contribution in [3.05, 3.63) is 33.8 Å². The minimum Gasteiger partial charge on any atom is -0.385 e. The number of piperidine rings is 1. The van der Waals surface area contributed by atoms with E-state index in [0.717, 1.165) is 38.0 Å². The minimum atomic E-state index is -0.750. The third kappa shape index (κ3) is 2.76. The molecule has 0 amide bonds. The standard InChI is InChI=1S/C13H17Cl2NO/c1-2-16-7-5-13(17,6-8-16)10-3-4-11(14)12(15)9-10/h3-4,9,17H,2,5-8H2,1H3. The quantitative estimate of drug-likeness (QED) is 0.894. The van der Waals surface area contributed by atoms with Gasteiger partial charge in [0, 0.05) is 13.1 Å². The SMILES string of the molecule is CCN1CCC(O)(c2ccc(Cl)c(Cl)c2)CC1. The van der Waals surface area contributed by atoms with Crippen LogP contribution in [0.5, 0.6) is 0 Å². The molecule has 0 radical (unpaired) electrons. The second-order valence-electron chi connectivity index (χ2n) is 4.59. The Kier molecular flexibility index (Phi) is 3.99. The molecule has 0 aromatic heterocycles. The van der Waals surface area contributed by atoms with Crippen molar-refractivity contribution >= 4 is 23.2 Å². The average molecular weight is 274 g/mol. The van der Waals surface area contributed by atoms with Crippen LogP contribution in [-0.2, 0) is 5.60 Å². The highest BCUT2D eigenvalue weighted by molar-refractivity contribution is 6.42. The molecule has 0 atom stereocenters. The summed E-state index contributed by atoms with van der Waals surface area (Å²) < 4.78 is 0. The summed E-state index contributed by atoms with van der Waals surface area (Å²) in [7, 11) is 0. The van der Waals surface area contributed by atoms with Gasteiger partial charge in [0.05, 0.1) is 15.6 Å². The number of likely N-dealkylation sites (tertiary alicyclic amines) is 1. The van der Waals surface area contributed by atoms with Gasteiger partial charge in [-0.3, -0.25) is 0 Å². The molecule has 1 N–H and O–H groups in total. The molecule has 17 heavy (non-hydrogen) atoms. The van der Waals surface area contributed by atoms with Crippen LogP contribution in [0.15, 0.2) is 18.2 Å². The monoisotopic (exact) mass is 273 g/mol. The summed E-state index contributed by atoms with van der Waals surface area (Å²) in [4.78, 5) is 2.34. The van der Waals surface area contributed by atoms with E-state index < -0.39 is 5.60 Å². The Labute approximate surface area is 112 Å². The first kappa shape index (κ1) is 13.2. The van der Waals surface area contributed by atoms with E-state index in [4.69, 9.17) is 23.2 Å². The van der Waals surface area contributed by atoms with Crippen LogP contribution in [0, 0.1) is 0 Å². The first-order valence-electron chi connectivity index (χ1n) is 5.95. The van der Waals surface area contributed by atoms with Gasteiger partial charge in [-0.1, -0.05) is 36.2 Å².